The monoisotopic (exact) mass is 455 g/mol. The average Bonchev–Trinajstić information content (AvgIpc) is 3.14. The van der Waals surface area contributed by atoms with E-state index in [0.717, 1.165) is 10.1 Å². The maximum Gasteiger partial charge on any atom is 0.332 e. The van der Waals surface area contributed by atoms with Crippen LogP contribution in [0, 0.1) is 0 Å². The number of pyridine rings is 1. The van der Waals surface area contributed by atoms with Crippen LogP contribution in [0.5, 0.6) is 0 Å². The Morgan fingerprint density at radius 2 is 1.84 bits per heavy atom. The number of anilines is 2. The Morgan fingerprint density at radius 1 is 1.12 bits per heavy atom. The Hall–Kier alpha value is -3.73. The molecule has 3 heterocycles. The van der Waals surface area contributed by atoms with Crippen molar-refractivity contribution in [1.29, 1.82) is 0 Å². The number of aromatic nitrogens is 3. The number of sulfonamides is 1. The Kier molecular flexibility index (Phi) is 5.43. The summed E-state index contributed by atoms with van der Waals surface area (Å²) >= 11 is 0. The van der Waals surface area contributed by atoms with Crippen molar-refractivity contribution in [2.24, 2.45) is 14.1 Å². The molecule has 1 fully saturated rings. The number of aryl methyl sites for hydroxylation is 1. The summed E-state index contributed by atoms with van der Waals surface area (Å²) in [5.74, 6) is -0.278. The van der Waals surface area contributed by atoms with Crippen molar-refractivity contribution in [2.75, 3.05) is 21.9 Å². The first-order valence-corrected chi connectivity index (χ1v) is 11.4. The molecule has 0 bridgehead atoms. The van der Waals surface area contributed by atoms with E-state index in [9.17, 15) is 22.8 Å². The first-order chi connectivity index (χ1) is 15.2. The van der Waals surface area contributed by atoms with Crippen molar-refractivity contribution in [1.82, 2.24) is 14.1 Å². The van der Waals surface area contributed by atoms with E-state index in [1.165, 1.54) is 41.3 Å². The molecule has 0 atom stereocenters. The molecule has 3 aromatic rings. The van der Waals surface area contributed by atoms with Gasteiger partial charge in [-0.25, -0.2) is 18.2 Å². The van der Waals surface area contributed by atoms with Crippen molar-refractivity contribution in [3.8, 4) is 0 Å². The quantitative estimate of drug-likeness (QED) is 0.581. The summed E-state index contributed by atoms with van der Waals surface area (Å²) in [4.78, 5) is 40.8. The summed E-state index contributed by atoms with van der Waals surface area (Å²) in [6, 6.07) is 8.34. The van der Waals surface area contributed by atoms with Gasteiger partial charge in [-0.2, -0.15) is 0 Å². The van der Waals surface area contributed by atoms with Crippen LogP contribution >= 0.6 is 0 Å². The molecular weight excluding hydrogens is 434 g/mol. The molecule has 11 heteroatoms. The Balaban J connectivity index is 1.49. The van der Waals surface area contributed by atoms with Crippen molar-refractivity contribution >= 4 is 44.4 Å². The number of carbonyl (C=O) groups excluding carboxylic acids is 1. The Morgan fingerprint density at radius 3 is 2.50 bits per heavy atom. The van der Waals surface area contributed by atoms with Gasteiger partial charge in [0.1, 0.15) is 5.65 Å². The van der Waals surface area contributed by atoms with Crippen LogP contribution in [0.2, 0.25) is 0 Å². The second kappa shape index (κ2) is 8.08. The van der Waals surface area contributed by atoms with Gasteiger partial charge in [-0.05, 0) is 36.3 Å². The lowest BCUT2D eigenvalue weighted by Gasteiger charge is -2.16. The number of hydrogen-bond donors (Lipinski definition) is 1. The number of rotatable bonds is 4. The van der Waals surface area contributed by atoms with E-state index in [1.54, 1.807) is 30.3 Å². The van der Waals surface area contributed by atoms with Crippen LogP contribution in [0.3, 0.4) is 0 Å². The first kappa shape index (κ1) is 21.5. The van der Waals surface area contributed by atoms with Crippen molar-refractivity contribution < 1.29 is 13.2 Å². The van der Waals surface area contributed by atoms with Crippen LogP contribution in [0.1, 0.15) is 12.0 Å². The summed E-state index contributed by atoms with van der Waals surface area (Å²) < 4.78 is 27.6. The van der Waals surface area contributed by atoms with Crippen LogP contribution in [0.4, 0.5) is 11.4 Å². The van der Waals surface area contributed by atoms with Crippen molar-refractivity contribution in [2.45, 2.75) is 6.42 Å². The molecule has 1 saturated heterocycles. The molecule has 1 aliphatic rings. The minimum atomic E-state index is -3.24. The standard InChI is InChI=1S/C21H21N5O5S/c1-24-19-17(20(28)25(2)21(24)29)12-15(13-22-19)23-18(27)9-6-14-4-7-16(8-5-14)26-10-3-11-32(26,30)31/h4-9,12-13H,3,10-11H2,1-2H3,(H,23,27)/b9-6+. The zero-order valence-corrected chi connectivity index (χ0v) is 18.3. The normalized spacial score (nSPS) is 15.5. The molecule has 0 saturated carbocycles. The molecular formula is C21H21N5O5S. The lowest BCUT2D eigenvalue weighted by molar-refractivity contribution is -0.111. The first-order valence-electron chi connectivity index (χ1n) is 9.83. The van der Waals surface area contributed by atoms with E-state index < -0.39 is 27.2 Å². The van der Waals surface area contributed by atoms with E-state index in [4.69, 9.17) is 0 Å². The minimum Gasteiger partial charge on any atom is -0.321 e. The number of amides is 1. The minimum absolute atomic E-state index is 0.154. The van der Waals surface area contributed by atoms with Gasteiger partial charge >= 0.3 is 5.69 Å². The number of hydrogen-bond acceptors (Lipinski definition) is 6. The highest BCUT2D eigenvalue weighted by atomic mass is 32.2. The SMILES string of the molecule is Cn1c(=O)c2cc(NC(=O)/C=C/c3ccc(N4CCCS4(=O)=O)cc3)cnc2n(C)c1=O. The number of benzene rings is 1. The smallest absolute Gasteiger partial charge is 0.321 e. The molecule has 1 aromatic carbocycles. The number of nitrogens with one attached hydrogen (secondary N) is 1. The van der Waals surface area contributed by atoms with E-state index >= 15 is 0 Å². The van der Waals surface area contributed by atoms with E-state index in [1.807, 2.05) is 0 Å². The third kappa shape index (κ3) is 3.94. The number of fused-ring (bicyclic) bond motifs is 1. The van der Waals surface area contributed by atoms with Gasteiger partial charge in [0, 0.05) is 26.7 Å². The summed E-state index contributed by atoms with van der Waals surface area (Å²) in [6.07, 6.45) is 4.90. The zero-order valence-electron chi connectivity index (χ0n) is 17.5. The maximum absolute atomic E-state index is 12.4. The molecule has 32 heavy (non-hydrogen) atoms. The lowest BCUT2D eigenvalue weighted by atomic mass is 10.2. The van der Waals surface area contributed by atoms with Crippen molar-refractivity contribution in [3.05, 3.63) is 69.0 Å². The molecule has 0 radical (unpaired) electrons. The summed E-state index contributed by atoms with van der Waals surface area (Å²) in [5, 5.41) is 2.85. The van der Waals surface area contributed by atoms with Gasteiger partial charge in [-0.1, -0.05) is 12.1 Å². The molecule has 0 aliphatic carbocycles. The van der Waals surface area contributed by atoms with Crippen molar-refractivity contribution in [3.63, 3.8) is 0 Å². The van der Waals surface area contributed by atoms with Crippen LogP contribution < -0.4 is 20.9 Å². The van der Waals surface area contributed by atoms with Gasteiger partial charge in [0.2, 0.25) is 15.9 Å². The number of carbonyl (C=O) groups is 1. The third-order valence-corrected chi connectivity index (χ3v) is 7.14. The average molecular weight is 455 g/mol. The molecule has 166 valence electrons. The van der Waals surface area contributed by atoms with Gasteiger partial charge in [-0.15, -0.1) is 0 Å². The zero-order chi connectivity index (χ0) is 23.0. The fourth-order valence-electron chi connectivity index (χ4n) is 3.57. The topological polar surface area (TPSA) is 123 Å². The van der Waals surface area contributed by atoms with Gasteiger partial charge in [0.05, 0.1) is 28.7 Å². The van der Waals surface area contributed by atoms with Gasteiger partial charge in [0.25, 0.3) is 5.56 Å². The third-order valence-electron chi connectivity index (χ3n) is 5.27. The lowest BCUT2D eigenvalue weighted by Crippen LogP contribution is -2.37. The molecule has 0 unspecified atom stereocenters. The predicted octanol–water partition coefficient (Wildman–Crippen LogP) is 0.824. The van der Waals surface area contributed by atoms with Crippen LogP contribution in [-0.2, 0) is 28.9 Å². The van der Waals surface area contributed by atoms with Crippen LogP contribution in [0.15, 0.2) is 52.2 Å². The molecule has 1 aliphatic heterocycles. The summed E-state index contributed by atoms with van der Waals surface area (Å²) in [6.45, 7) is 0.469. The molecule has 0 spiro atoms. The second-order valence-electron chi connectivity index (χ2n) is 7.46. The number of nitrogens with zero attached hydrogens (tertiary/aromatic N) is 4. The highest BCUT2D eigenvalue weighted by molar-refractivity contribution is 7.93. The molecule has 10 nitrogen and oxygen atoms in total. The Bertz CT molecular complexity index is 1470. The highest BCUT2D eigenvalue weighted by Gasteiger charge is 2.28. The predicted molar refractivity (Wildman–Crippen MR) is 122 cm³/mol. The Labute approximate surface area is 183 Å². The van der Waals surface area contributed by atoms with Crippen LogP contribution in [0.25, 0.3) is 17.1 Å². The fraction of sp³-hybridized carbons (Fsp3) is 0.238. The largest absolute Gasteiger partial charge is 0.332 e. The molecule has 2 aromatic heterocycles. The summed E-state index contributed by atoms with van der Waals surface area (Å²) in [5.41, 5.74) is 0.887. The maximum atomic E-state index is 12.4. The molecule has 4 rings (SSSR count). The van der Waals surface area contributed by atoms with Gasteiger partial charge in [0.15, 0.2) is 0 Å². The summed E-state index contributed by atoms with van der Waals surface area (Å²) in [7, 11) is -0.343. The van der Waals surface area contributed by atoms with E-state index in [2.05, 4.69) is 10.3 Å². The molecule has 1 amide bonds. The highest BCUT2D eigenvalue weighted by Crippen LogP contribution is 2.24. The van der Waals surface area contributed by atoms with Crippen LogP contribution in [-0.4, -0.2) is 40.7 Å². The fourth-order valence-corrected chi connectivity index (χ4v) is 5.14. The van der Waals surface area contributed by atoms with E-state index in [0.29, 0.717) is 24.3 Å². The molecule has 1 N–H and O–H groups in total. The van der Waals surface area contributed by atoms with Gasteiger partial charge in [-0.3, -0.25) is 23.0 Å². The second-order valence-corrected chi connectivity index (χ2v) is 9.47. The van der Waals surface area contributed by atoms with Gasteiger partial charge < -0.3 is 5.32 Å². The van der Waals surface area contributed by atoms with E-state index in [-0.39, 0.29) is 16.8 Å².